The first-order valence-corrected chi connectivity index (χ1v) is 17.1. The van der Waals surface area contributed by atoms with Crippen molar-refractivity contribution in [1.82, 2.24) is 5.32 Å². The van der Waals surface area contributed by atoms with Crippen molar-refractivity contribution in [2.75, 3.05) is 7.05 Å². The molecule has 0 bridgehead atoms. The van der Waals surface area contributed by atoms with Gasteiger partial charge >= 0.3 is 0 Å². The summed E-state index contributed by atoms with van der Waals surface area (Å²) in [4.78, 5) is 12.7. The number of benzene rings is 3. The number of hydrogen-bond acceptors (Lipinski definition) is 3. The molecule has 2 nitrogen and oxygen atoms in total. The second-order valence-corrected chi connectivity index (χ2v) is 11.9. The van der Waals surface area contributed by atoms with Gasteiger partial charge in [0, 0.05) is 12.0 Å². The number of allylic oxidation sites excluding steroid dienone is 4. The Morgan fingerprint density at radius 1 is 0.844 bits per heavy atom. The van der Waals surface area contributed by atoms with E-state index in [4.69, 9.17) is 0 Å². The summed E-state index contributed by atoms with van der Waals surface area (Å²) in [6, 6.07) is 28.9. The molecule has 3 aromatic rings. The van der Waals surface area contributed by atoms with Crippen molar-refractivity contribution in [1.29, 1.82) is 0 Å². The second-order valence-electron chi connectivity index (χ2n) is 11.2. The standard InChI is InChI=1S/C23H34FNOS.C14H14.2C2H6/c1-7-16(2)21(14-17(3)27)19(15-26)10-13-22(25-6)18-8-11-20(12-9-18)23(4,5)24;1-12(13-8-4-2-5-9-13)14-10-6-3-7-11-14;2*1-2/h8-9,11-12,14-16,22,25,27H,7,10,13H2,1-6H3;2-12H,1H3;2*1-2H3/b17-14+,21-19+;;;. The summed E-state index contributed by atoms with van der Waals surface area (Å²) in [5.41, 5.74) is 5.08. The van der Waals surface area contributed by atoms with Crippen LogP contribution in [0.5, 0.6) is 0 Å². The van der Waals surface area contributed by atoms with Crippen LogP contribution in [0.15, 0.2) is 107 Å². The Hall–Kier alpha value is -2.95. The van der Waals surface area contributed by atoms with E-state index in [9.17, 15) is 9.18 Å². The zero-order chi connectivity index (χ0) is 34.4. The Bertz CT molecular complexity index is 1200. The molecule has 45 heavy (non-hydrogen) atoms. The summed E-state index contributed by atoms with van der Waals surface area (Å²) >= 11 is 4.39. The monoisotopic (exact) mass is 633 g/mol. The molecule has 2 unspecified atom stereocenters. The van der Waals surface area contributed by atoms with E-state index < -0.39 is 5.67 Å². The SMILES string of the molecule is CC.CC.CC(c1ccccc1)c1ccccc1.CCC(C)C(/C=C(\C)S)=C(/C=O)CCC(NC)c1ccc(C(C)(C)F)cc1. The number of alkyl halides is 1. The molecule has 0 saturated carbocycles. The highest BCUT2D eigenvalue weighted by Crippen LogP contribution is 2.29. The molecule has 248 valence electrons. The van der Waals surface area contributed by atoms with E-state index in [0.29, 0.717) is 23.8 Å². The van der Waals surface area contributed by atoms with Gasteiger partial charge in [0.05, 0.1) is 0 Å². The molecule has 1 N–H and O–H groups in total. The largest absolute Gasteiger partial charge is 0.313 e. The molecule has 0 spiro atoms. The summed E-state index contributed by atoms with van der Waals surface area (Å²) in [5, 5.41) is 3.32. The van der Waals surface area contributed by atoms with Crippen molar-refractivity contribution in [3.63, 3.8) is 0 Å². The summed E-state index contributed by atoms with van der Waals surface area (Å²) in [7, 11) is 1.91. The van der Waals surface area contributed by atoms with Gasteiger partial charge in [-0.15, -0.1) is 12.6 Å². The molecule has 0 aromatic heterocycles. The predicted molar refractivity (Wildman–Crippen MR) is 200 cm³/mol. The lowest BCUT2D eigenvalue weighted by molar-refractivity contribution is -0.105. The quantitative estimate of drug-likeness (QED) is 0.0899. The summed E-state index contributed by atoms with van der Waals surface area (Å²) in [5.74, 6) is 0.795. The van der Waals surface area contributed by atoms with Gasteiger partial charge in [-0.05, 0) is 97.4 Å². The first-order chi connectivity index (χ1) is 21.5. The minimum absolute atomic E-state index is 0.107. The molecule has 0 heterocycles. The van der Waals surface area contributed by atoms with Gasteiger partial charge in [-0.25, -0.2) is 4.39 Å². The lowest BCUT2D eigenvalue weighted by Gasteiger charge is -2.21. The fourth-order valence-corrected chi connectivity index (χ4v) is 4.97. The van der Waals surface area contributed by atoms with Crippen LogP contribution in [-0.4, -0.2) is 13.3 Å². The molecule has 0 saturated heterocycles. The number of thiol groups is 1. The lowest BCUT2D eigenvalue weighted by atomic mass is 9.89. The molecule has 0 aliphatic heterocycles. The van der Waals surface area contributed by atoms with E-state index in [1.54, 1.807) is 13.8 Å². The van der Waals surface area contributed by atoms with E-state index in [-0.39, 0.29) is 6.04 Å². The van der Waals surface area contributed by atoms with E-state index in [1.807, 2.05) is 72.0 Å². The Kier molecular flexibility index (Phi) is 21.9. The van der Waals surface area contributed by atoms with Crippen LogP contribution in [0, 0.1) is 5.92 Å². The second kappa shape index (κ2) is 23.4. The van der Waals surface area contributed by atoms with Crippen molar-refractivity contribution >= 4 is 18.9 Å². The van der Waals surface area contributed by atoms with E-state index in [2.05, 4.69) is 99.4 Å². The third-order valence-corrected chi connectivity index (χ3v) is 7.80. The number of nitrogens with one attached hydrogen (secondary N) is 1. The first-order valence-electron chi connectivity index (χ1n) is 16.6. The minimum atomic E-state index is -1.34. The maximum Gasteiger partial charge on any atom is 0.146 e. The van der Waals surface area contributed by atoms with E-state index in [1.165, 1.54) is 11.1 Å². The number of aldehydes is 1. The van der Waals surface area contributed by atoms with E-state index in [0.717, 1.165) is 40.7 Å². The van der Waals surface area contributed by atoms with Crippen molar-refractivity contribution in [3.05, 3.63) is 129 Å². The Balaban J connectivity index is 0.000000893. The maximum atomic E-state index is 14.1. The molecule has 0 aliphatic rings. The van der Waals surface area contributed by atoms with Gasteiger partial charge in [-0.2, -0.15) is 0 Å². The van der Waals surface area contributed by atoms with Gasteiger partial charge in [0.25, 0.3) is 0 Å². The average Bonchev–Trinajstić information content (AvgIpc) is 3.08. The number of carbonyl (C=O) groups excluding carboxylic acids is 1. The van der Waals surface area contributed by atoms with Gasteiger partial charge in [-0.3, -0.25) is 4.79 Å². The minimum Gasteiger partial charge on any atom is -0.313 e. The topological polar surface area (TPSA) is 29.1 Å². The normalized spacial score (nSPS) is 13.1. The van der Waals surface area contributed by atoms with Crippen molar-refractivity contribution in [3.8, 4) is 0 Å². The van der Waals surface area contributed by atoms with Crippen LogP contribution >= 0.6 is 12.6 Å². The fraction of sp³-hybridized carbons (Fsp3) is 0.439. The van der Waals surface area contributed by atoms with Gasteiger partial charge in [0.15, 0.2) is 0 Å². The third-order valence-electron chi connectivity index (χ3n) is 7.67. The van der Waals surface area contributed by atoms with Gasteiger partial charge in [-0.1, -0.05) is 133 Å². The molecule has 0 radical (unpaired) electrons. The number of hydrogen-bond donors (Lipinski definition) is 2. The number of halogens is 1. The molecule has 0 amide bonds. The first kappa shape index (κ1) is 42.0. The van der Waals surface area contributed by atoms with Crippen molar-refractivity contribution in [2.24, 2.45) is 5.92 Å². The van der Waals surface area contributed by atoms with E-state index >= 15 is 0 Å². The zero-order valence-electron chi connectivity index (χ0n) is 29.8. The van der Waals surface area contributed by atoms with Crippen LogP contribution in [-0.2, 0) is 10.5 Å². The number of rotatable bonds is 12. The Morgan fingerprint density at radius 2 is 1.31 bits per heavy atom. The van der Waals surface area contributed by atoms with Crippen LogP contribution in [0.25, 0.3) is 0 Å². The average molecular weight is 634 g/mol. The molecular formula is C41H60FNOS. The molecular weight excluding hydrogens is 574 g/mol. The molecule has 0 aliphatic carbocycles. The Morgan fingerprint density at radius 3 is 1.67 bits per heavy atom. The highest BCUT2D eigenvalue weighted by Gasteiger charge is 2.20. The van der Waals surface area contributed by atoms with Crippen molar-refractivity contribution < 1.29 is 9.18 Å². The molecule has 4 heteroatoms. The Labute approximate surface area is 281 Å². The van der Waals surface area contributed by atoms with Crippen LogP contribution in [0.2, 0.25) is 0 Å². The molecule has 2 atom stereocenters. The van der Waals surface area contributed by atoms with Crippen LogP contribution in [0.4, 0.5) is 4.39 Å². The summed E-state index contributed by atoms with van der Waals surface area (Å²) < 4.78 is 14.1. The van der Waals surface area contributed by atoms with Crippen LogP contribution in [0.1, 0.15) is 123 Å². The molecule has 0 fully saturated rings. The summed E-state index contributed by atoms with van der Waals surface area (Å²) in [6.45, 7) is 19.6. The van der Waals surface area contributed by atoms with Gasteiger partial charge < -0.3 is 5.32 Å². The third kappa shape index (κ3) is 15.3. The van der Waals surface area contributed by atoms with Crippen LogP contribution in [0.3, 0.4) is 0 Å². The van der Waals surface area contributed by atoms with Gasteiger partial charge in [0.1, 0.15) is 12.0 Å². The maximum absolute atomic E-state index is 14.1. The molecule has 3 aromatic carbocycles. The molecule has 3 rings (SSSR count). The predicted octanol–water partition coefficient (Wildman–Crippen LogP) is 12.2. The van der Waals surface area contributed by atoms with Crippen molar-refractivity contribution in [2.45, 2.75) is 106 Å². The zero-order valence-corrected chi connectivity index (χ0v) is 30.7. The highest BCUT2D eigenvalue weighted by atomic mass is 32.1. The lowest BCUT2D eigenvalue weighted by Crippen LogP contribution is -2.17. The van der Waals surface area contributed by atoms with Crippen LogP contribution < -0.4 is 5.32 Å². The smallest absolute Gasteiger partial charge is 0.146 e. The highest BCUT2D eigenvalue weighted by molar-refractivity contribution is 7.84. The van der Waals surface area contributed by atoms with Gasteiger partial charge in [0.2, 0.25) is 0 Å². The number of carbonyl (C=O) groups is 1. The summed E-state index contributed by atoms with van der Waals surface area (Å²) in [6.07, 6.45) is 5.44. The fourth-order valence-electron chi connectivity index (χ4n) is 4.83.